The molecule has 130 valence electrons. The van der Waals surface area contributed by atoms with Gasteiger partial charge in [-0.25, -0.2) is 4.98 Å². The summed E-state index contributed by atoms with van der Waals surface area (Å²) >= 11 is 1.87. The molecule has 4 rings (SSSR count). The molecule has 0 unspecified atom stereocenters. The molecule has 0 bridgehead atoms. The summed E-state index contributed by atoms with van der Waals surface area (Å²) in [5.41, 5.74) is 3.12. The van der Waals surface area contributed by atoms with E-state index in [2.05, 4.69) is 5.32 Å². The zero-order valence-corrected chi connectivity index (χ0v) is 15.4. The summed E-state index contributed by atoms with van der Waals surface area (Å²) in [5, 5.41) is 5.38. The van der Waals surface area contributed by atoms with Gasteiger partial charge in [-0.3, -0.25) is 4.79 Å². The van der Waals surface area contributed by atoms with Crippen molar-refractivity contribution in [3.8, 4) is 0 Å². The van der Waals surface area contributed by atoms with Crippen molar-refractivity contribution in [1.82, 2.24) is 14.9 Å². The van der Waals surface area contributed by atoms with Crippen LogP contribution in [0.4, 0.5) is 0 Å². The minimum absolute atomic E-state index is 0.00265. The Labute approximate surface area is 151 Å². The Morgan fingerprint density at radius 2 is 2.12 bits per heavy atom. The third-order valence-electron chi connectivity index (χ3n) is 4.93. The van der Waals surface area contributed by atoms with Crippen molar-refractivity contribution < 1.29 is 4.79 Å². The highest BCUT2D eigenvalue weighted by Gasteiger charge is 2.15. The number of aromatic nitrogens is 2. The molecule has 0 saturated carbocycles. The zero-order valence-electron chi connectivity index (χ0n) is 14.5. The van der Waals surface area contributed by atoms with E-state index >= 15 is 0 Å². The molecule has 25 heavy (non-hydrogen) atoms. The van der Waals surface area contributed by atoms with Gasteiger partial charge in [-0.15, -0.1) is 11.3 Å². The van der Waals surface area contributed by atoms with Gasteiger partial charge in [-0.05, 0) is 44.2 Å². The molecule has 1 amide bonds. The van der Waals surface area contributed by atoms with E-state index in [1.165, 1.54) is 34.8 Å². The van der Waals surface area contributed by atoms with Crippen LogP contribution >= 0.6 is 11.3 Å². The number of hydrogen-bond donors (Lipinski definition) is 1. The second-order valence-electron chi connectivity index (χ2n) is 6.69. The number of aryl methyl sites for hydroxylation is 4. The quantitative estimate of drug-likeness (QED) is 0.708. The average Bonchev–Trinajstić information content (AvgIpc) is 3.20. The molecule has 0 fully saturated rings. The van der Waals surface area contributed by atoms with E-state index in [9.17, 15) is 4.79 Å². The summed E-state index contributed by atoms with van der Waals surface area (Å²) in [7, 11) is 1.94. The highest BCUT2D eigenvalue weighted by molar-refractivity contribution is 7.11. The molecular formula is C20H23N3OS. The van der Waals surface area contributed by atoms with E-state index in [4.69, 9.17) is 4.98 Å². The Morgan fingerprint density at radius 1 is 1.28 bits per heavy atom. The van der Waals surface area contributed by atoms with Crippen molar-refractivity contribution in [2.24, 2.45) is 7.05 Å². The smallest absolute Gasteiger partial charge is 0.267 e. The number of para-hydroxylation sites is 1. The number of carbonyl (C=O) groups excluding carboxylic acids is 1. The molecule has 1 aliphatic carbocycles. The lowest BCUT2D eigenvalue weighted by atomic mass is 10.0. The molecule has 4 nitrogen and oxygen atoms in total. The molecule has 0 atom stereocenters. The van der Waals surface area contributed by atoms with Gasteiger partial charge in [0, 0.05) is 35.8 Å². The van der Waals surface area contributed by atoms with Crippen molar-refractivity contribution in [1.29, 1.82) is 0 Å². The van der Waals surface area contributed by atoms with E-state index < -0.39 is 0 Å². The van der Waals surface area contributed by atoms with Crippen LogP contribution < -0.4 is 5.32 Å². The number of fused-ring (bicyclic) bond motifs is 2. The topological polar surface area (TPSA) is 46.9 Å². The summed E-state index contributed by atoms with van der Waals surface area (Å²) in [5.74, 6) is -0.00265. The van der Waals surface area contributed by atoms with Crippen LogP contribution in [0.1, 0.15) is 45.3 Å². The Kier molecular flexibility index (Phi) is 4.57. The van der Waals surface area contributed by atoms with Gasteiger partial charge in [0.05, 0.1) is 10.7 Å². The summed E-state index contributed by atoms with van der Waals surface area (Å²) in [6.07, 6.45) is 6.80. The average molecular weight is 353 g/mol. The molecule has 3 aromatic rings. The van der Waals surface area contributed by atoms with Gasteiger partial charge in [-0.1, -0.05) is 18.2 Å². The molecule has 1 aliphatic rings. The molecule has 2 heterocycles. The summed E-state index contributed by atoms with van der Waals surface area (Å²) in [4.78, 5) is 18.7. The normalized spacial score (nSPS) is 13.8. The Bertz CT molecular complexity index is 885. The second kappa shape index (κ2) is 7.00. The van der Waals surface area contributed by atoms with Gasteiger partial charge in [0.1, 0.15) is 5.69 Å². The molecule has 5 heteroatoms. The van der Waals surface area contributed by atoms with Crippen LogP contribution in [0.3, 0.4) is 0 Å². The zero-order chi connectivity index (χ0) is 17.2. The molecule has 0 saturated heterocycles. The minimum Gasteiger partial charge on any atom is -0.351 e. The third kappa shape index (κ3) is 3.33. The minimum atomic E-state index is -0.00265. The van der Waals surface area contributed by atoms with Crippen LogP contribution in [0.5, 0.6) is 0 Å². The first-order valence-electron chi connectivity index (χ1n) is 9.02. The highest BCUT2D eigenvalue weighted by Crippen LogP contribution is 2.27. The van der Waals surface area contributed by atoms with Crippen LogP contribution in [0.2, 0.25) is 0 Å². The monoisotopic (exact) mass is 353 g/mol. The summed E-state index contributed by atoms with van der Waals surface area (Å²) < 4.78 is 1.96. The van der Waals surface area contributed by atoms with E-state index in [0.29, 0.717) is 12.2 Å². The molecule has 1 aromatic carbocycles. The van der Waals surface area contributed by atoms with Crippen LogP contribution in [-0.4, -0.2) is 22.0 Å². The maximum Gasteiger partial charge on any atom is 0.267 e. The van der Waals surface area contributed by atoms with Crippen molar-refractivity contribution >= 4 is 28.1 Å². The second-order valence-corrected chi connectivity index (χ2v) is 7.86. The lowest BCUT2D eigenvalue weighted by Crippen LogP contribution is -2.26. The number of hydrogen-bond acceptors (Lipinski definition) is 3. The van der Waals surface area contributed by atoms with Crippen LogP contribution in [-0.2, 0) is 26.3 Å². The molecule has 1 N–H and O–H groups in total. The van der Waals surface area contributed by atoms with E-state index in [1.54, 1.807) is 0 Å². The Hall–Kier alpha value is -2.14. The van der Waals surface area contributed by atoms with Crippen LogP contribution in [0.25, 0.3) is 10.9 Å². The predicted molar refractivity (Wildman–Crippen MR) is 102 cm³/mol. The van der Waals surface area contributed by atoms with E-state index in [1.807, 2.05) is 53.3 Å². The molecule has 0 radical (unpaired) electrons. The van der Waals surface area contributed by atoms with Crippen molar-refractivity contribution in [2.75, 3.05) is 6.54 Å². The number of nitrogens with zero attached hydrogens (tertiary/aromatic N) is 2. The Morgan fingerprint density at radius 3 is 2.96 bits per heavy atom. The van der Waals surface area contributed by atoms with Crippen molar-refractivity contribution in [2.45, 2.75) is 38.5 Å². The van der Waals surface area contributed by atoms with Crippen molar-refractivity contribution in [3.63, 3.8) is 0 Å². The van der Waals surface area contributed by atoms with E-state index in [-0.39, 0.29) is 5.91 Å². The van der Waals surface area contributed by atoms with Gasteiger partial charge in [0.2, 0.25) is 0 Å². The molecule has 0 spiro atoms. The van der Waals surface area contributed by atoms with Crippen LogP contribution in [0, 0.1) is 0 Å². The molecular weight excluding hydrogens is 330 g/mol. The largest absolute Gasteiger partial charge is 0.351 e. The summed E-state index contributed by atoms with van der Waals surface area (Å²) in [6.45, 7) is 0.685. The fraction of sp³-hybridized carbons (Fsp3) is 0.400. The number of thiazole rings is 1. The van der Waals surface area contributed by atoms with E-state index in [0.717, 1.165) is 30.2 Å². The number of benzene rings is 1. The summed E-state index contributed by atoms with van der Waals surface area (Å²) in [6, 6.07) is 10.0. The number of rotatable bonds is 5. The Balaban J connectivity index is 1.32. The third-order valence-corrected chi connectivity index (χ3v) is 6.14. The maximum absolute atomic E-state index is 12.5. The number of amides is 1. The van der Waals surface area contributed by atoms with Gasteiger partial charge >= 0.3 is 0 Å². The van der Waals surface area contributed by atoms with Gasteiger partial charge in [0.25, 0.3) is 5.91 Å². The van der Waals surface area contributed by atoms with Gasteiger partial charge in [0.15, 0.2) is 0 Å². The first kappa shape index (κ1) is 16.3. The molecule has 2 aromatic heterocycles. The van der Waals surface area contributed by atoms with Crippen molar-refractivity contribution in [3.05, 3.63) is 51.6 Å². The van der Waals surface area contributed by atoms with Gasteiger partial charge < -0.3 is 9.88 Å². The highest BCUT2D eigenvalue weighted by atomic mass is 32.1. The number of carbonyl (C=O) groups is 1. The fourth-order valence-corrected chi connectivity index (χ4v) is 4.75. The fourth-order valence-electron chi connectivity index (χ4n) is 3.55. The first-order valence-corrected chi connectivity index (χ1v) is 9.84. The standard InChI is InChI=1S/C20H23N3OS/c1-23-16-9-4-2-7-14(16)13-17(23)20(24)21-12-6-11-19-22-15-8-3-5-10-18(15)25-19/h2,4,7,9,13H,3,5-6,8,10-12H2,1H3,(H,21,24). The van der Waals surface area contributed by atoms with Crippen LogP contribution in [0.15, 0.2) is 30.3 Å². The number of nitrogens with one attached hydrogen (secondary N) is 1. The first-order chi connectivity index (χ1) is 12.2. The van der Waals surface area contributed by atoms with Gasteiger partial charge in [-0.2, -0.15) is 0 Å². The predicted octanol–water partition coefficient (Wildman–Crippen LogP) is 3.88. The molecule has 0 aliphatic heterocycles. The lowest BCUT2D eigenvalue weighted by molar-refractivity contribution is 0.0945. The lowest BCUT2D eigenvalue weighted by Gasteiger charge is -2.06. The maximum atomic E-state index is 12.5. The SMILES string of the molecule is Cn1c(C(=O)NCCCc2nc3c(s2)CCCC3)cc2ccccc21.